The lowest BCUT2D eigenvalue weighted by Crippen LogP contribution is -2.03. The van der Waals surface area contributed by atoms with E-state index in [1.165, 1.54) is 0 Å². The van der Waals surface area contributed by atoms with Gasteiger partial charge in [0.15, 0.2) is 0 Å². The first-order chi connectivity index (χ1) is 8.40. The monoisotopic (exact) mass is 378 g/mol. The summed E-state index contributed by atoms with van der Waals surface area (Å²) in [6.45, 7) is 4.41. The van der Waals surface area contributed by atoms with Crippen LogP contribution in [-0.4, -0.2) is 17.0 Å². The first-order valence-electron chi connectivity index (χ1n) is 4.78. The summed E-state index contributed by atoms with van der Waals surface area (Å²) in [4.78, 5) is 19.9. The van der Waals surface area contributed by atoms with Crippen LogP contribution in [0.2, 0.25) is 0 Å². The molecular formula is C12H12Br2O4. The molecule has 1 rings (SSSR count). The molecule has 0 unspecified atom stereocenters. The van der Waals surface area contributed by atoms with Crippen LogP contribution in [0, 0.1) is 0 Å². The van der Waals surface area contributed by atoms with Crippen molar-refractivity contribution in [3.8, 4) is 5.75 Å². The van der Waals surface area contributed by atoms with Gasteiger partial charge >= 0.3 is 5.97 Å². The van der Waals surface area contributed by atoms with E-state index >= 15 is 0 Å². The third-order valence-corrected chi connectivity index (χ3v) is 2.79. The minimum atomic E-state index is -0.833. The van der Waals surface area contributed by atoms with Gasteiger partial charge in [0, 0.05) is 18.3 Å². The number of rotatable bonds is 3. The minimum absolute atomic E-state index is 0.461. The van der Waals surface area contributed by atoms with Crippen LogP contribution in [0.25, 0.3) is 0 Å². The Kier molecular flexibility index (Phi) is 8.32. The molecule has 0 bridgehead atoms. The molecule has 0 heterocycles. The summed E-state index contributed by atoms with van der Waals surface area (Å²) in [7, 11) is 0. The van der Waals surface area contributed by atoms with Gasteiger partial charge < -0.3 is 9.84 Å². The molecule has 0 saturated carbocycles. The zero-order valence-electron chi connectivity index (χ0n) is 9.65. The van der Waals surface area contributed by atoms with Gasteiger partial charge in [0.2, 0.25) is 0 Å². The summed E-state index contributed by atoms with van der Waals surface area (Å²) >= 11 is 6.65. The van der Waals surface area contributed by atoms with Gasteiger partial charge in [-0.1, -0.05) is 28.6 Å². The molecule has 6 heteroatoms. The second kappa shape index (κ2) is 8.88. The number of carboxylic acid groups (broad SMARTS) is 1. The molecule has 0 atom stereocenters. The quantitative estimate of drug-likeness (QED) is 0.377. The van der Waals surface area contributed by atoms with Gasteiger partial charge in [0.25, 0.3) is 5.97 Å². The molecule has 0 amide bonds. The van der Waals surface area contributed by atoms with E-state index in [4.69, 9.17) is 14.6 Å². The molecule has 1 aromatic carbocycles. The largest absolute Gasteiger partial charge is 0.481 e. The number of hydrogen-bond donors (Lipinski definition) is 1. The highest BCUT2D eigenvalue weighted by Gasteiger charge is 2.05. The van der Waals surface area contributed by atoms with Crippen molar-refractivity contribution in [2.45, 2.75) is 12.3 Å². The molecule has 0 aliphatic rings. The summed E-state index contributed by atoms with van der Waals surface area (Å²) in [6, 6.07) is 5.51. The lowest BCUT2D eigenvalue weighted by molar-refractivity contribution is -0.134. The SMILES string of the molecule is C=CC(=O)Oc1ccc(CBr)cc1Br.CC(=O)O. The molecule has 0 fully saturated rings. The van der Waals surface area contributed by atoms with Gasteiger partial charge in [0.1, 0.15) is 5.75 Å². The maximum Gasteiger partial charge on any atom is 0.335 e. The molecule has 98 valence electrons. The molecule has 0 aliphatic heterocycles. The fourth-order valence-electron chi connectivity index (χ4n) is 0.860. The second-order valence-electron chi connectivity index (χ2n) is 3.04. The maximum absolute atomic E-state index is 10.9. The molecular weight excluding hydrogens is 368 g/mol. The van der Waals surface area contributed by atoms with Crippen LogP contribution in [0.5, 0.6) is 5.75 Å². The highest BCUT2D eigenvalue weighted by molar-refractivity contribution is 9.10. The van der Waals surface area contributed by atoms with Gasteiger partial charge in [-0.25, -0.2) is 4.79 Å². The standard InChI is InChI=1S/C10H8Br2O2.C2H4O2/c1-2-10(13)14-9-4-3-7(6-11)5-8(9)12;1-2(3)4/h2-5H,1,6H2;1H3,(H,3,4). The zero-order valence-corrected chi connectivity index (χ0v) is 12.8. The van der Waals surface area contributed by atoms with Crippen LogP contribution in [-0.2, 0) is 14.9 Å². The molecule has 0 aromatic heterocycles. The van der Waals surface area contributed by atoms with Crippen molar-refractivity contribution in [3.63, 3.8) is 0 Å². The Bertz CT molecular complexity index is 440. The fourth-order valence-corrected chi connectivity index (χ4v) is 1.72. The van der Waals surface area contributed by atoms with Gasteiger partial charge in [-0.3, -0.25) is 4.79 Å². The number of halogens is 2. The van der Waals surface area contributed by atoms with E-state index < -0.39 is 11.9 Å². The molecule has 0 spiro atoms. The van der Waals surface area contributed by atoms with Gasteiger partial charge in [-0.15, -0.1) is 0 Å². The average Bonchev–Trinajstić information content (AvgIpc) is 2.30. The average molecular weight is 380 g/mol. The highest BCUT2D eigenvalue weighted by Crippen LogP contribution is 2.26. The van der Waals surface area contributed by atoms with Crippen LogP contribution < -0.4 is 4.74 Å². The number of carboxylic acids is 1. The highest BCUT2D eigenvalue weighted by atomic mass is 79.9. The van der Waals surface area contributed by atoms with Crippen molar-refractivity contribution in [1.82, 2.24) is 0 Å². The summed E-state index contributed by atoms with van der Waals surface area (Å²) in [5.41, 5.74) is 1.11. The van der Waals surface area contributed by atoms with Crippen molar-refractivity contribution < 1.29 is 19.4 Å². The number of ether oxygens (including phenoxy) is 1. The maximum atomic E-state index is 10.9. The number of hydrogen-bond acceptors (Lipinski definition) is 3. The number of benzene rings is 1. The smallest absolute Gasteiger partial charge is 0.335 e. The number of carbonyl (C=O) groups is 2. The summed E-state index contributed by atoms with van der Waals surface area (Å²) in [5.74, 6) is -0.795. The lowest BCUT2D eigenvalue weighted by atomic mass is 10.2. The minimum Gasteiger partial charge on any atom is -0.481 e. The first-order valence-corrected chi connectivity index (χ1v) is 6.70. The van der Waals surface area contributed by atoms with Crippen molar-refractivity contribution in [2.75, 3.05) is 0 Å². The van der Waals surface area contributed by atoms with Gasteiger partial charge in [0.05, 0.1) is 4.47 Å². The Labute approximate surface area is 122 Å². The molecule has 0 radical (unpaired) electrons. The topological polar surface area (TPSA) is 63.6 Å². The zero-order chi connectivity index (χ0) is 14.1. The van der Waals surface area contributed by atoms with E-state index in [1.54, 1.807) is 6.07 Å². The molecule has 0 saturated heterocycles. The third-order valence-electron chi connectivity index (χ3n) is 1.53. The van der Waals surface area contributed by atoms with Gasteiger partial charge in [-0.05, 0) is 33.6 Å². The van der Waals surface area contributed by atoms with E-state index in [0.29, 0.717) is 5.75 Å². The predicted molar refractivity (Wildman–Crippen MR) is 75.9 cm³/mol. The molecule has 18 heavy (non-hydrogen) atoms. The van der Waals surface area contributed by atoms with Crippen molar-refractivity contribution in [2.24, 2.45) is 0 Å². The number of alkyl halides is 1. The van der Waals surface area contributed by atoms with E-state index in [0.717, 1.165) is 28.4 Å². The predicted octanol–water partition coefficient (Wildman–Crippen LogP) is 3.53. The number of esters is 1. The number of carbonyl (C=O) groups excluding carboxylic acids is 1. The molecule has 0 aliphatic carbocycles. The fraction of sp³-hybridized carbons (Fsp3) is 0.167. The van der Waals surface area contributed by atoms with E-state index in [2.05, 4.69) is 38.4 Å². The summed E-state index contributed by atoms with van der Waals surface area (Å²) < 4.78 is 5.73. The lowest BCUT2D eigenvalue weighted by Gasteiger charge is -2.05. The van der Waals surface area contributed by atoms with E-state index in [1.807, 2.05) is 12.1 Å². The van der Waals surface area contributed by atoms with Crippen LogP contribution in [0.15, 0.2) is 35.3 Å². The summed E-state index contributed by atoms with van der Waals surface area (Å²) in [6.07, 6.45) is 1.13. The normalized spacial score (nSPS) is 8.83. The Morgan fingerprint density at radius 1 is 1.50 bits per heavy atom. The van der Waals surface area contributed by atoms with E-state index in [9.17, 15) is 4.79 Å². The van der Waals surface area contributed by atoms with Crippen molar-refractivity contribution in [3.05, 3.63) is 40.9 Å². The van der Waals surface area contributed by atoms with Crippen LogP contribution in [0.3, 0.4) is 0 Å². The van der Waals surface area contributed by atoms with Gasteiger partial charge in [-0.2, -0.15) is 0 Å². The Morgan fingerprint density at radius 3 is 2.44 bits per heavy atom. The van der Waals surface area contributed by atoms with Crippen molar-refractivity contribution >= 4 is 43.8 Å². The molecule has 1 aromatic rings. The summed E-state index contributed by atoms with van der Waals surface area (Å²) in [5, 5.41) is 8.18. The van der Waals surface area contributed by atoms with Crippen LogP contribution in [0.1, 0.15) is 12.5 Å². The number of aliphatic carboxylic acids is 1. The second-order valence-corrected chi connectivity index (χ2v) is 4.46. The van der Waals surface area contributed by atoms with Crippen LogP contribution in [0.4, 0.5) is 0 Å². The Hall–Kier alpha value is -1.14. The Morgan fingerprint density at radius 2 is 2.06 bits per heavy atom. The van der Waals surface area contributed by atoms with E-state index in [-0.39, 0.29) is 0 Å². The molecule has 1 N–H and O–H groups in total. The first kappa shape index (κ1) is 16.9. The third kappa shape index (κ3) is 7.24. The molecule has 4 nitrogen and oxygen atoms in total. The Balaban J connectivity index is 0.000000631. The van der Waals surface area contributed by atoms with Crippen LogP contribution >= 0.6 is 31.9 Å². The van der Waals surface area contributed by atoms with Crippen molar-refractivity contribution in [1.29, 1.82) is 0 Å².